The fourth-order valence-corrected chi connectivity index (χ4v) is 3.56. The zero-order valence-corrected chi connectivity index (χ0v) is 20.8. The van der Waals surface area contributed by atoms with Gasteiger partial charge in [-0.2, -0.15) is 9.78 Å². The zero-order chi connectivity index (χ0) is 25.4. The highest BCUT2D eigenvalue weighted by molar-refractivity contribution is 6.00. The molecule has 0 amide bonds. The maximum atomic E-state index is 13.1. The lowest BCUT2D eigenvalue weighted by atomic mass is 10.1. The number of fused-ring (bicyclic) bond motifs is 1. The summed E-state index contributed by atoms with van der Waals surface area (Å²) >= 11 is 0. The van der Waals surface area contributed by atoms with Crippen LogP contribution in [0.25, 0.3) is 22.3 Å². The van der Waals surface area contributed by atoms with Crippen LogP contribution in [0.5, 0.6) is 0 Å². The standard InChI is InChI=1S/C27H30N4O4/c1-26(2,3)34-24(32)30-16-10-13-21(30)23-20-15-14-19(28-18-11-8-7-9-12-18)17-22(20)31(29-23)25(33)35-27(4,5)6/h7-17,28H,1-6H3. The summed E-state index contributed by atoms with van der Waals surface area (Å²) in [5, 5.41) is 8.62. The molecule has 0 saturated heterocycles. The lowest BCUT2D eigenvalue weighted by molar-refractivity contribution is 0.0520. The second-order valence-electron chi connectivity index (χ2n) is 10.2. The summed E-state index contributed by atoms with van der Waals surface area (Å²) in [6.45, 7) is 10.8. The number of benzene rings is 2. The van der Waals surface area contributed by atoms with Crippen LogP contribution in [0.2, 0.25) is 0 Å². The molecule has 2 aromatic carbocycles. The van der Waals surface area contributed by atoms with Crippen molar-refractivity contribution in [1.82, 2.24) is 14.3 Å². The Hall–Kier alpha value is -4.07. The third-order valence-corrected chi connectivity index (χ3v) is 4.89. The van der Waals surface area contributed by atoms with E-state index in [9.17, 15) is 9.59 Å². The van der Waals surface area contributed by atoms with E-state index in [-0.39, 0.29) is 0 Å². The summed E-state index contributed by atoms with van der Waals surface area (Å²) in [5.74, 6) is 0. The molecule has 4 rings (SSSR count). The van der Waals surface area contributed by atoms with Crippen molar-refractivity contribution in [3.05, 3.63) is 66.9 Å². The van der Waals surface area contributed by atoms with Crippen LogP contribution in [-0.2, 0) is 9.47 Å². The van der Waals surface area contributed by atoms with Crippen molar-refractivity contribution >= 4 is 34.5 Å². The summed E-state index contributed by atoms with van der Waals surface area (Å²) in [5.41, 5.74) is 1.85. The molecule has 0 spiro atoms. The van der Waals surface area contributed by atoms with Crippen molar-refractivity contribution in [1.29, 1.82) is 0 Å². The molecule has 8 heteroatoms. The van der Waals surface area contributed by atoms with Gasteiger partial charge < -0.3 is 14.8 Å². The van der Waals surface area contributed by atoms with Crippen LogP contribution >= 0.6 is 0 Å². The Morgan fingerprint density at radius 1 is 0.800 bits per heavy atom. The average Bonchev–Trinajstić information content (AvgIpc) is 3.36. The van der Waals surface area contributed by atoms with Gasteiger partial charge in [0, 0.05) is 23.0 Å². The van der Waals surface area contributed by atoms with Gasteiger partial charge in [-0.3, -0.25) is 4.57 Å². The molecule has 2 heterocycles. The first kappa shape index (κ1) is 24.1. The maximum absolute atomic E-state index is 13.1. The van der Waals surface area contributed by atoms with Crippen LogP contribution in [0, 0.1) is 0 Å². The number of hydrogen-bond acceptors (Lipinski definition) is 6. The van der Waals surface area contributed by atoms with E-state index in [2.05, 4.69) is 10.4 Å². The minimum Gasteiger partial charge on any atom is -0.443 e. The predicted octanol–water partition coefficient (Wildman–Crippen LogP) is 6.81. The lowest BCUT2D eigenvalue weighted by Crippen LogP contribution is -2.28. The molecule has 0 unspecified atom stereocenters. The fraction of sp³-hybridized carbons (Fsp3) is 0.296. The van der Waals surface area contributed by atoms with Gasteiger partial charge in [-0.1, -0.05) is 18.2 Å². The van der Waals surface area contributed by atoms with E-state index in [0.717, 1.165) is 11.4 Å². The Morgan fingerprint density at radius 3 is 2.11 bits per heavy atom. The molecule has 0 aliphatic carbocycles. The smallest absolute Gasteiger partial charge is 0.435 e. The number of nitrogens with one attached hydrogen (secondary N) is 1. The second-order valence-corrected chi connectivity index (χ2v) is 10.2. The number of ether oxygens (including phenoxy) is 2. The quantitative estimate of drug-likeness (QED) is 0.351. The van der Waals surface area contributed by atoms with E-state index in [1.54, 1.807) is 39.1 Å². The molecule has 0 aliphatic rings. The van der Waals surface area contributed by atoms with Crippen LogP contribution in [-0.4, -0.2) is 37.7 Å². The number of aromatic nitrogens is 3. The Morgan fingerprint density at radius 2 is 1.46 bits per heavy atom. The molecular formula is C27H30N4O4. The molecule has 35 heavy (non-hydrogen) atoms. The number of rotatable bonds is 3. The third-order valence-electron chi connectivity index (χ3n) is 4.89. The number of carbonyl (C=O) groups is 2. The normalized spacial score (nSPS) is 11.9. The van der Waals surface area contributed by atoms with Gasteiger partial charge in [0.1, 0.15) is 16.9 Å². The van der Waals surface area contributed by atoms with E-state index < -0.39 is 23.4 Å². The number of anilines is 2. The minimum absolute atomic E-state index is 0.466. The van der Waals surface area contributed by atoms with E-state index in [0.29, 0.717) is 22.3 Å². The highest BCUT2D eigenvalue weighted by atomic mass is 16.6. The second kappa shape index (κ2) is 8.94. The largest absolute Gasteiger partial charge is 0.443 e. The van der Waals surface area contributed by atoms with Gasteiger partial charge in [0.25, 0.3) is 0 Å². The van der Waals surface area contributed by atoms with E-state index in [1.165, 1.54) is 9.25 Å². The van der Waals surface area contributed by atoms with Gasteiger partial charge in [0.15, 0.2) is 0 Å². The monoisotopic (exact) mass is 474 g/mol. The number of para-hydroxylation sites is 1. The summed E-state index contributed by atoms with van der Waals surface area (Å²) in [6, 6.07) is 18.8. The van der Waals surface area contributed by atoms with E-state index in [1.807, 2.05) is 69.3 Å². The first-order chi connectivity index (χ1) is 16.4. The van der Waals surface area contributed by atoms with E-state index >= 15 is 0 Å². The highest BCUT2D eigenvalue weighted by Gasteiger charge is 2.26. The zero-order valence-electron chi connectivity index (χ0n) is 20.8. The molecule has 2 aromatic heterocycles. The van der Waals surface area contributed by atoms with Crippen molar-refractivity contribution in [3.63, 3.8) is 0 Å². The van der Waals surface area contributed by atoms with E-state index in [4.69, 9.17) is 9.47 Å². The van der Waals surface area contributed by atoms with Crippen molar-refractivity contribution in [3.8, 4) is 11.4 Å². The maximum Gasteiger partial charge on any atom is 0.435 e. The van der Waals surface area contributed by atoms with Gasteiger partial charge in [0.05, 0.1) is 11.2 Å². The first-order valence-corrected chi connectivity index (χ1v) is 11.4. The first-order valence-electron chi connectivity index (χ1n) is 11.4. The number of carbonyl (C=O) groups excluding carboxylic acids is 2. The Bertz CT molecular complexity index is 1370. The molecule has 8 nitrogen and oxygen atoms in total. The lowest BCUT2D eigenvalue weighted by Gasteiger charge is -2.20. The molecule has 0 bridgehead atoms. The fourth-order valence-electron chi connectivity index (χ4n) is 3.56. The van der Waals surface area contributed by atoms with Crippen LogP contribution in [0.3, 0.4) is 0 Å². The van der Waals surface area contributed by atoms with Crippen molar-refractivity contribution < 1.29 is 19.1 Å². The van der Waals surface area contributed by atoms with Gasteiger partial charge in [-0.25, -0.2) is 9.59 Å². The van der Waals surface area contributed by atoms with Crippen LogP contribution in [0.15, 0.2) is 66.9 Å². The summed E-state index contributed by atoms with van der Waals surface area (Å²) < 4.78 is 13.8. The summed E-state index contributed by atoms with van der Waals surface area (Å²) in [4.78, 5) is 25.9. The van der Waals surface area contributed by atoms with Crippen molar-refractivity contribution in [2.24, 2.45) is 0 Å². The Kier molecular flexibility index (Phi) is 6.15. The van der Waals surface area contributed by atoms with Gasteiger partial charge in [-0.15, -0.1) is 0 Å². The van der Waals surface area contributed by atoms with Gasteiger partial charge in [0.2, 0.25) is 0 Å². The minimum atomic E-state index is -0.702. The third kappa shape index (κ3) is 5.54. The topological polar surface area (TPSA) is 87.4 Å². The molecular weight excluding hydrogens is 444 g/mol. The number of hydrogen-bond donors (Lipinski definition) is 1. The molecule has 0 radical (unpaired) electrons. The van der Waals surface area contributed by atoms with Crippen molar-refractivity contribution in [2.75, 3.05) is 5.32 Å². The molecule has 0 aliphatic heterocycles. The Balaban J connectivity index is 1.83. The molecule has 182 valence electrons. The molecule has 0 saturated carbocycles. The van der Waals surface area contributed by atoms with Crippen molar-refractivity contribution in [2.45, 2.75) is 52.7 Å². The average molecular weight is 475 g/mol. The SMILES string of the molecule is CC(C)(C)OC(=O)n1cccc1-c1nn(C(=O)OC(C)(C)C)c2cc(Nc3ccccc3)ccc12. The summed E-state index contributed by atoms with van der Waals surface area (Å²) in [7, 11) is 0. The van der Waals surface area contributed by atoms with Crippen LogP contribution in [0.4, 0.5) is 21.0 Å². The predicted molar refractivity (Wildman–Crippen MR) is 136 cm³/mol. The Labute approximate surface area is 204 Å². The molecule has 4 aromatic rings. The molecule has 0 atom stereocenters. The molecule has 0 fully saturated rings. The summed E-state index contributed by atoms with van der Waals surface area (Å²) in [6.07, 6.45) is 0.480. The van der Waals surface area contributed by atoms with Crippen LogP contribution in [0.1, 0.15) is 41.5 Å². The van der Waals surface area contributed by atoms with Crippen LogP contribution < -0.4 is 5.32 Å². The highest BCUT2D eigenvalue weighted by Crippen LogP contribution is 2.32. The van der Waals surface area contributed by atoms with Gasteiger partial charge >= 0.3 is 12.2 Å². The number of nitrogens with zero attached hydrogens (tertiary/aromatic N) is 3. The van der Waals surface area contributed by atoms with Gasteiger partial charge in [-0.05, 0) is 84.0 Å². The molecule has 1 N–H and O–H groups in total.